The lowest BCUT2D eigenvalue weighted by molar-refractivity contribution is 0.274. The lowest BCUT2D eigenvalue weighted by atomic mass is 10.0. The third-order valence-electron chi connectivity index (χ3n) is 4.48. The average Bonchev–Trinajstić information content (AvgIpc) is 2.68. The Morgan fingerprint density at radius 2 is 1.32 bits per heavy atom. The van der Waals surface area contributed by atoms with Crippen molar-refractivity contribution in [3.63, 3.8) is 0 Å². The van der Waals surface area contributed by atoms with Crippen LogP contribution in [-0.4, -0.2) is 22.7 Å². The predicted molar refractivity (Wildman–Crippen MR) is 104 cm³/mol. The van der Waals surface area contributed by atoms with Crippen molar-refractivity contribution < 1.29 is 5.11 Å². The summed E-state index contributed by atoms with van der Waals surface area (Å²) in [6.07, 6.45) is 0.766. The van der Waals surface area contributed by atoms with Crippen molar-refractivity contribution in [2.75, 3.05) is 11.9 Å². The molecule has 0 saturated carbocycles. The zero-order valence-corrected chi connectivity index (χ0v) is 13.9. The fourth-order valence-corrected chi connectivity index (χ4v) is 3.26. The number of hydrogen-bond acceptors (Lipinski definition) is 3. The van der Waals surface area contributed by atoms with Gasteiger partial charge in [-0.15, -0.1) is 0 Å². The van der Waals surface area contributed by atoms with Gasteiger partial charge in [-0.2, -0.15) is 0 Å². The van der Waals surface area contributed by atoms with E-state index in [0.29, 0.717) is 0 Å². The van der Waals surface area contributed by atoms with Crippen LogP contribution in [0.4, 0.5) is 5.69 Å². The van der Waals surface area contributed by atoms with Crippen LogP contribution in [0.3, 0.4) is 0 Å². The second-order valence-electron chi connectivity index (χ2n) is 6.23. The highest BCUT2D eigenvalue weighted by Crippen LogP contribution is 2.31. The van der Waals surface area contributed by atoms with Crippen molar-refractivity contribution in [3.8, 4) is 0 Å². The van der Waals surface area contributed by atoms with Gasteiger partial charge in [-0.25, -0.2) is 4.98 Å². The topological polar surface area (TPSA) is 45.1 Å². The maximum Gasteiger partial charge on any atom is 0.0730 e. The summed E-state index contributed by atoms with van der Waals surface area (Å²) >= 11 is 0. The van der Waals surface area contributed by atoms with E-state index in [-0.39, 0.29) is 12.6 Å². The molecule has 0 aliphatic carbocycles. The Labute approximate surface area is 147 Å². The summed E-state index contributed by atoms with van der Waals surface area (Å²) in [5, 5.41) is 15.6. The van der Waals surface area contributed by atoms with Gasteiger partial charge in [0.1, 0.15) is 0 Å². The minimum absolute atomic E-state index is 0.0587. The highest BCUT2D eigenvalue weighted by atomic mass is 16.3. The molecule has 0 aliphatic rings. The first-order chi connectivity index (χ1) is 12.3. The smallest absolute Gasteiger partial charge is 0.0730 e. The molecule has 0 amide bonds. The number of benzene rings is 3. The number of hydrogen-bond donors (Lipinski definition) is 2. The molecule has 0 radical (unpaired) electrons. The molecule has 1 heterocycles. The second-order valence-corrected chi connectivity index (χ2v) is 6.23. The molecular weight excluding hydrogens is 308 g/mol. The average molecular weight is 328 g/mol. The molecule has 0 unspecified atom stereocenters. The van der Waals surface area contributed by atoms with Crippen molar-refractivity contribution in [2.45, 2.75) is 12.5 Å². The molecule has 0 spiro atoms. The maximum atomic E-state index is 9.91. The molecule has 4 aromatic rings. The van der Waals surface area contributed by atoms with Gasteiger partial charge >= 0.3 is 0 Å². The van der Waals surface area contributed by atoms with Crippen LogP contribution >= 0.6 is 0 Å². The molecule has 3 heteroatoms. The first kappa shape index (κ1) is 15.6. The maximum absolute atomic E-state index is 9.91. The molecule has 3 nitrogen and oxygen atoms in total. The summed E-state index contributed by atoms with van der Waals surface area (Å²) < 4.78 is 0. The fourth-order valence-electron chi connectivity index (χ4n) is 3.26. The van der Waals surface area contributed by atoms with E-state index in [0.717, 1.165) is 33.9 Å². The van der Waals surface area contributed by atoms with Gasteiger partial charge in [0.25, 0.3) is 0 Å². The molecule has 124 valence electrons. The summed E-state index contributed by atoms with van der Waals surface area (Å²) in [4.78, 5) is 4.75. The summed E-state index contributed by atoms with van der Waals surface area (Å²) in [5.41, 5.74) is 4.16. The number of aliphatic hydroxyl groups is 1. The third kappa shape index (κ3) is 3.19. The first-order valence-corrected chi connectivity index (χ1v) is 8.54. The molecule has 1 atom stereocenters. The quantitative estimate of drug-likeness (QED) is 0.534. The normalized spacial score (nSPS) is 12.4. The van der Waals surface area contributed by atoms with Crippen LogP contribution in [0.25, 0.3) is 21.8 Å². The Morgan fingerprint density at radius 1 is 0.760 bits per heavy atom. The number of anilines is 1. The zero-order valence-electron chi connectivity index (χ0n) is 13.9. The highest BCUT2D eigenvalue weighted by Gasteiger charge is 2.14. The van der Waals surface area contributed by atoms with E-state index in [1.807, 2.05) is 54.6 Å². The van der Waals surface area contributed by atoms with Gasteiger partial charge in [-0.1, -0.05) is 66.7 Å². The Bertz CT molecular complexity index is 944. The van der Waals surface area contributed by atoms with E-state index in [1.54, 1.807) is 0 Å². The van der Waals surface area contributed by atoms with Crippen LogP contribution in [0.5, 0.6) is 0 Å². The number of rotatable bonds is 5. The van der Waals surface area contributed by atoms with E-state index < -0.39 is 0 Å². The van der Waals surface area contributed by atoms with Crippen LogP contribution in [0.15, 0.2) is 78.9 Å². The van der Waals surface area contributed by atoms with E-state index >= 15 is 0 Å². The molecule has 2 N–H and O–H groups in total. The van der Waals surface area contributed by atoms with E-state index in [4.69, 9.17) is 4.98 Å². The number of pyridine rings is 1. The number of aliphatic hydroxyl groups excluding tert-OH is 1. The predicted octanol–water partition coefficient (Wildman–Crippen LogP) is 4.40. The third-order valence-corrected chi connectivity index (χ3v) is 4.48. The Hall–Kier alpha value is -2.91. The summed E-state index contributed by atoms with van der Waals surface area (Å²) in [6.45, 7) is 0.0693. The molecule has 0 saturated heterocycles. The SMILES string of the molecule is OC[C@H](Cc1ccccc1)Nc1c2ccccc2nc2ccccc12. The van der Waals surface area contributed by atoms with Gasteiger partial charge in [0, 0.05) is 10.8 Å². The van der Waals surface area contributed by atoms with Crippen LogP contribution in [-0.2, 0) is 6.42 Å². The summed E-state index contributed by atoms with van der Waals surface area (Å²) in [7, 11) is 0. The molecule has 1 aromatic heterocycles. The van der Waals surface area contributed by atoms with Gasteiger partial charge in [0.15, 0.2) is 0 Å². The molecule has 0 bridgehead atoms. The molecule has 3 aromatic carbocycles. The Morgan fingerprint density at radius 3 is 1.92 bits per heavy atom. The number of nitrogens with one attached hydrogen (secondary N) is 1. The monoisotopic (exact) mass is 328 g/mol. The standard InChI is InChI=1S/C22H20N2O/c25-15-17(14-16-8-2-1-3-9-16)23-22-18-10-4-6-12-20(18)24-21-13-7-5-11-19(21)22/h1-13,17,25H,14-15H2,(H,23,24)/t17-/m0/s1. The van der Waals surface area contributed by atoms with Gasteiger partial charge in [-0.05, 0) is 24.1 Å². The minimum atomic E-state index is -0.0587. The highest BCUT2D eigenvalue weighted by molar-refractivity contribution is 6.07. The van der Waals surface area contributed by atoms with E-state index in [1.165, 1.54) is 5.56 Å². The molecule has 0 fully saturated rings. The Balaban J connectivity index is 1.78. The van der Waals surface area contributed by atoms with Crippen molar-refractivity contribution >= 4 is 27.5 Å². The number of aromatic nitrogens is 1. The van der Waals surface area contributed by atoms with Crippen LogP contribution < -0.4 is 5.32 Å². The summed E-state index contributed by atoms with van der Waals surface area (Å²) in [5.74, 6) is 0. The largest absolute Gasteiger partial charge is 0.394 e. The zero-order chi connectivity index (χ0) is 17.1. The van der Waals surface area contributed by atoms with E-state index in [9.17, 15) is 5.11 Å². The number of para-hydroxylation sites is 2. The van der Waals surface area contributed by atoms with Gasteiger partial charge < -0.3 is 10.4 Å². The van der Waals surface area contributed by atoms with Gasteiger partial charge in [0.05, 0.1) is 29.4 Å². The van der Waals surface area contributed by atoms with Crippen LogP contribution in [0.1, 0.15) is 5.56 Å². The van der Waals surface area contributed by atoms with E-state index in [2.05, 4.69) is 29.6 Å². The molecule has 4 rings (SSSR count). The minimum Gasteiger partial charge on any atom is -0.394 e. The lowest BCUT2D eigenvalue weighted by Crippen LogP contribution is -2.26. The molecule has 25 heavy (non-hydrogen) atoms. The van der Waals surface area contributed by atoms with Gasteiger partial charge in [-0.3, -0.25) is 0 Å². The number of fused-ring (bicyclic) bond motifs is 2. The second kappa shape index (κ2) is 6.91. The Kier molecular flexibility index (Phi) is 4.32. The molecule has 0 aliphatic heterocycles. The number of nitrogens with zero attached hydrogens (tertiary/aromatic N) is 1. The fraction of sp³-hybridized carbons (Fsp3) is 0.136. The van der Waals surface area contributed by atoms with Crippen molar-refractivity contribution in [1.29, 1.82) is 0 Å². The lowest BCUT2D eigenvalue weighted by Gasteiger charge is -2.20. The van der Waals surface area contributed by atoms with Crippen molar-refractivity contribution in [1.82, 2.24) is 4.98 Å². The van der Waals surface area contributed by atoms with Crippen molar-refractivity contribution in [3.05, 3.63) is 84.4 Å². The molecular formula is C22H20N2O. The first-order valence-electron chi connectivity index (χ1n) is 8.54. The van der Waals surface area contributed by atoms with Crippen LogP contribution in [0, 0.1) is 0 Å². The van der Waals surface area contributed by atoms with Crippen LogP contribution in [0.2, 0.25) is 0 Å². The van der Waals surface area contributed by atoms with Crippen molar-refractivity contribution in [2.24, 2.45) is 0 Å². The van der Waals surface area contributed by atoms with Gasteiger partial charge in [0.2, 0.25) is 0 Å². The summed E-state index contributed by atoms with van der Waals surface area (Å²) in [6, 6.07) is 26.4.